The van der Waals surface area contributed by atoms with Crippen molar-refractivity contribution in [1.82, 2.24) is 19.1 Å². The minimum atomic E-state index is 0.995. The van der Waals surface area contributed by atoms with Crippen molar-refractivity contribution in [3.63, 3.8) is 0 Å². The van der Waals surface area contributed by atoms with Gasteiger partial charge in [-0.15, -0.1) is 0 Å². The summed E-state index contributed by atoms with van der Waals surface area (Å²) in [5, 5.41) is 2.37. The second-order valence-electron chi connectivity index (χ2n) is 11.5. The molecule has 0 spiro atoms. The van der Waals surface area contributed by atoms with Crippen molar-refractivity contribution >= 4 is 43.9 Å². The molecule has 0 atom stereocenters. The fourth-order valence-corrected chi connectivity index (χ4v) is 6.78. The lowest BCUT2D eigenvalue weighted by Crippen LogP contribution is -1.98. The molecule has 0 radical (unpaired) electrons. The van der Waals surface area contributed by atoms with E-state index in [9.17, 15) is 0 Å². The summed E-state index contributed by atoms with van der Waals surface area (Å²) in [5.74, 6) is 0. The number of aryl methyl sites for hydroxylation is 3. The maximum Gasteiger partial charge on any atom is 0.0966 e. The van der Waals surface area contributed by atoms with Gasteiger partial charge in [0.25, 0.3) is 0 Å². The molecule has 0 amide bonds. The van der Waals surface area contributed by atoms with Gasteiger partial charge < -0.3 is 9.13 Å². The van der Waals surface area contributed by atoms with Crippen LogP contribution in [0.15, 0.2) is 115 Å². The quantitative estimate of drug-likeness (QED) is 0.211. The van der Waals surface area contributed by atoms with E-state index in [4.69, 9.17) is 9.97 Å². The predicted octanol–water partition coefficient (Wildman–Crippen LogP) is 9.91. The van der Waals surface area contributed by atoms with Gasteiger partial charge in [-0.1, -0.05) is 61.9 Å². The molecule has 208 valence electrons. The SMILES string of the molecule is CCCc1ccc2c(n1)c1ccccc1n2-c1ccc(-c2ccc(-n3c4ccccc4c4ncccc43)cc2C)c(C)c1. The summed E-state index contributed by atoms with van der Waals surface area (Å²) in [6, 6.07) is 39.4. The molecule has 0 aliphatic rings. The van der Waals surface area contributed by atoms with Gasteiger partial charge >= 0.3 is 0 Å². The third-order valence-electron chi connectivity index (χ3n) is 8.73. The van der Waals surface area contributed by atoms with Crippen LogP contribution in [0.2, 0.25) is 0 Å². The molecule has 0 saturated carbocycles. The monoisotopic (exact) mass is 556 g/mol. The summed E-state index contributed by atoms with van der Waals surface area (Å²) in [7, 11) is 0. The molecule has 8 aromatic rings. The number of hydrogen-bond acceptors (Lipinski definition) is 2. The van der Waals surface area contributed by atoms with Gasteiger partial charge in [-0.25, -0.2) is 0 Å². The number of nitrogens with zero attached hydrogens (tertiary/aromatic N) is 4. The minimum Gasteiger partial charge on any atom is -0.308 e. The number of hydrogen-bond donors (Lipinski definition) is 0. The number of benzene rings is 4. The van der Waals surface area contributed by atoms with E-state index >= 15 is 0 Å². The van der Waals surface area contributed by atoms with Gasteiger partial charge in [-0.3, -0.25) is 9.97 Å². The van der Waals surface area contributed by atoms with Crippen molar-refractivity contribution in [1.29, 1.82) is 0 Å². The third-order valence-corrected chi connectivity index (χ3v) is 8.73. The number of aromatic nitrogens is 4. The molecular formula is C39H32N4. The smallest absolute Gasteiger partial charge is 0.0966 e. The maximum absolute atomic E-state index is 5.08. The summed E-state index contributed by atoms with van der Waals surface area (Å²) in [5.41, 5.74) is 15.2. The van der Waals surface area contributed by atoms with E-state index in [1.165, 1.54) is 44.1 Å². The molecule has 4 aromatic carbocycles. The predicted molar refractivity (Wildman–Crippen MR) is 180 cm³/mol. The van der Waals surface area contributed by atoms with Crippen LogP contribution in [0.5, 0.6) is 0 Å². The zero-order chi connectivity index (χ0) is 29.1. The van der Waals surface area contributed by atoms with Crippen LogP contribution in [0.4, 0.5) is 0 Å². The van der Waals surface area contributed by atoms with E-state index in [2.05, 4.69) is 133 Å². The van der Waals surface area contributed by atoms with E-state index in [1.54, 1.807) is 0 Å². The highest BCUT2D eigenvalue weighted by Crippen LogP contribution is 2.36. The van der Waals surface area contributed by atoms with Crippen LogP contribution in [0.1, 0.15) is 30.2 Å². The topological polar surface area (TPSA) is 35.6 Å². The van der Waals surface area contributed by atoms with E-state index < -0.39 is 0 Å². The average molecular weight is 557 g/mol. The average Bonchev–Trinajstić information content (AvgIpc) is 3.54. The summed E-state index contributed by atoms with van der Waals surface area (Å²) < 4.78 is 4.68. The molecule has 0 aliphatic carbocycles. The Morgan fingerprint density at radius 1 is 0.558 bits per heavy atom. The van der Waals surface area contributed by atoms with E-state index in [-0.39, 0.29) is 0 Å². The largest absolute Gasteiger partial charge is 0.308 e. The first kappa shape index (κ1) is 25.5. The van der Waals surface area contributed by atoms with Gasteiger partial charge in [-0.2, -0.15) is 0 Å². The molecule has 4 heterocycles. The zero-order valence-corrected chi connectivity index (χ0v) is 24.7. The van der Waals surface area contributed by atoms with Crippen molar-refractivity contribution in [2.75, 3.05) is 0 Å². The molecule has 43 heavy (non-hydrogen) atoms. The molecule has 0 aliphatic heterocycles. The lowest BCUT2D eigenvalue weighted by molar-refractivity contribution is 0.890. The summed E-state index contributed by atoms with van der Waals surface area (Å²) >= 11 is 0. The van der Waals surface area contributed by atoms with Crippen LogP contribution in [0, 0.1) is 13.8 Å². The minimum absolute atomic E-state index is 0.995. The van der Waals surface area contributed by atoms with Crippen LogP contribution in [-0.4, -0.2) is 19.1 Å². The first-order valence-electron chi connectivity index (χ1n) is 15.1. The van der Waals surface area contributed by atoms with Crippen LogP contribution in [0.25, 0.3) is 66.4 Å². The number of rotatable bonds is 5. The molecule has 0 unspecified atom stereocenters. The van der Waals surface area contributed by atoms with Gasteiger partial charge in [0.2, 0.25) is 0 Å². The second-order valence-corrected chi connectivity index (χ2v) is 11.5. The fourth-order valence-electron chi connectivity index (χ4n) is 6.78. The Morgan fingerprint density at radius 3 is 1.72 bits per heavy atom. The van der Waals surface area contributed by atoms with Gasteiger partial charge in [0.05, 0.1) is 33.1 Å². The molecule has 0 fully saturated rings. The number of para-hydroxylation sites is 2. The Kier molecular flexibility index (Phi) is 5.90. The number of pyridine rings is 2. The Morgan fingerprint density at radius 2 is 1.12 bits per heavy atom. The lowest BCUT2D eigenvalue weighted by Gasteiger charge is -2.15. The Bertz CT molecular complexity index is 2280. The first-order valence-corrected chi connectivity index (χ1v) is 15.1. The molecule has 4 aromatic heterocycles. The zero-order valence-electron chi connectivity index (χ0n) is 24.7. The summed E-state index contributed by atoms with van der Waals surface area (Å²) in [6.07, 6.45) is 3.96. The van der Waals surface area contributed by atoms with Gasteiger partial charge in [0.15, 0.2) is 0 Å². The Hall–Kier alpha value is -5.22. The van der Waals surface area contributed by atoms with Crippen molar-refractivity contribution < 1.29 is 0 Å². The first-order chi connectivity index (χ1) is 21.1. The van der Waals surface area contributed by atoms with E-state index in [1.807, 2.05) is 12.3 Å². The van der Waals surface area contributed by atoms with Gasteiger partial charge in [-0.05, 0) is 103 Å². The van der Waals surface area contributed by atoms with Crippen LogP contribution < -0.4 is 0 Å². The summed E-state index contributed by atoms with van der Waals surface area (Å²) in [4.78, 5) is 9.79. The van der Waals surface area contributed by atoms with Crippen LogP contribution >= 0.6 is 0 Å². The normalized spacial score (nSPS) is 11.8. The van der Waals surface area contributed by atoms with Crippen molar-refractivity contribution in [2.45, 2.75) is 33.6 Å². The van der Waals surface area contributed by atoms with E-state index in [0.717, 1.165) is 52.0 Å². The van der Waals surface area contributed by atoms with Crippen molar-refractivity contribution in [3.8, 4) is 22.5 Å². The lowest BCUT2D eigenvalue weighted by atomic mass is 9.95. The standard InChI is InChI=1S/C39H32N4/c1-4-10-27-16-21-37-39(41-27)33-12-6-8-14-35(33)43(37)29-18-20-31(26(3)24-29)30-19-17-28(23-25(30)2)42-34-13-7-5-11-32(34)38-36(42)15-9-22-40-38/h5-9,11-24H,4,10H2,1-3H3. The molecule has 8 rings (SSSR count). The Balaban J connectivity index is 1.23. The van der Waals surface area contributed by atoms with Gasteiger partial charge in [0, 0.05) is 34.0 Å². The molecule has 4 nitrogen and oxygen atoms in total. The molecule has 0 bridgehead atoms. The van der Waals surface area contributed by atoms with Crippen LogP contribution in [0.3, 0.4) is 0 Å². The van der Waals surface area contributed by atoms with Crippen molar-refractivity contribution in [3.05, 3.63) is 132 Å². The third kappa shape index (κ3) is 3.98. The molecular weight excluding hydrogens is 524 g/mol. The number of fused-ring (bicyclic) bond motifs is 6. The molecule has 0 saturated heterocycles. The van der Waals surface area contributed by atoms with E-state index in [0.29, 0.717) is 0 Å². The fraction of sp³-hybridized carbons (Fsp3) is 0.128. The summed E-state index contributed by atoms with van der Waals surface area (Å²) in [6.45, 7) is 6.64. The highest BCUT2D eigenvalue weighted by Gasteiger charge is 2.17. The highest BCUT2D eigenvalue weighted by molar-refractivity contribution is 6.08. The maximum atomic E-state index is 5.08. The van der Waals surface area contributed by atoms with Gasteiger partial charge in [0.1, 0.15) is 0 Å². The van der Waals surface area contributed by atoms with Crippen LogP contribution in [-0.2, 0) is 6.42 Å². The molecule has 0 N–H and O–H groups in total. The second kappa shape index (κ2) is 9.95. The Labute approximate surface area is 250 Å². The highest BCUT2D eigenvalue weighted by atomic mass is 15.0. The molecule has 4 heteroatoms. The van der Waals surface area contributed by atoms with Crippen molar-refractivity contribution in [2.24, 2.45) is 0 Å².